The Morgan fingerprint density at radius 2 is 2.25 bits per heavy atom. The standard InChI is InChI=1S/C13H16ClN5O/c1-9-3-12(16-17(9)2)13(20)18-5-10(6-18)7-19-8-11(14)4-15-19/h3-4,8,10H,5-7H2,1-2H3. The topological polar surface area (TPSA) is 56.0 Å². The van der Waals surface area contributed by atoms with Gasteiger partial charge in [0.05, 0.1) is 11.2 Å². The van der Waals surface area contributed by atoms with Crippen molar-refractivity contribution in [1.82, 2.24) is 24.5 Å². The van der Waals surface area contributed by atoms with Crippen molar-refractivity contribution in [3.63, 3.8) is 0 Å². The Kier molecular flexibility index (Phi) is 3.25. The van der Waals surface area contributed by atoms with Gasteiger partial charge in [-0.2, -0.15) is 10.2 Å². The van der Waals surface area contributed by atoms with Gasteiger partial charge >= 0.3 is 0 Å². The molecular weight excluding hydrogens is 278 g/mol. The highest BCUT2D eigenvalue weighted by Gasteiger charge is 2.32. The minimum Gasteiger partial charge on any atom is -0.336 e. The van der Waals surface area contributed by atoms with Crippen molar-refractivity contribution in [2.75, 3.05) is 13.1 Å². The molecule has 1 aliphatic rings. The lowest BCUT2D eigenvalue weighted by Gasteiger charge is -2.38. The molecule has 6 nitrogen and oxygen atoms in total. The lowest BCUT2D eigenvalue weighted by Crippen LogP contribution is -2.51. The summed E-state index contributed by atoms with van der Waals surface area (Å²) in [4.78, 5) is 14.0. The predicted octanol–water partition coefficient (Wildman–Crippen LogP) is 1.35. The van der Waals surface area contributed by atoms with Crippen molar-refractivity contribution in [2.45, 2.75) is 13.5 Å². The molecule has 0 aliphatic carbocycles. The van der Waals surface area contributed by atoms with Gasteiger partial charge in [0.1, 0.15) is 0 Å². The number of hydrogen-bond donors (Lipinski definition) is 0. The number of nitrogens with zero attached hydrogens (tertiary/aromatic N) is 5. The average Bonchev–Trinajstić information content (AvgIpc) is 2.90. The van der Waals surface area contributed by atoms with Gasteiger partial charge in [0, 0.05) is 44.5 Å². The number of rotatable bonds is 3. The minimum atomic E-state index is 0.00319. The van der Waals surface area contributed by atoms with E-state index < -0.39 is 0 Å². The SMILES string of the molecule is Cc1cc(C(=O)N2CC(Cn3cc(Cl)cn3)C2)nn1C. The molecule has 20 heavy (non-hydrogen) atoms. The number of aromatic nitrogens is 4. The molecule has 0 saturated carbocycles. The zero-order valence-electron chi connectivity index (χ0n) is 11.5. The average molecular weight is 294 g/mol. The Bertz CT molecular complexity index is 621. The first kappa shape index (κ1) is 13.2. The maximum atomic E-state index is 12.2. The van der Waals surface area contributed by atoms with Gasteiger partial charge in [-0.25, -0.2) is 0 Å². The third-order valence-electron chi connectivity index (χ3n) is 3.62. The van der Waals surface area contributed by atoms with Crippen LogP contribution in [0.3, 0.4) is 0 Å². The largest absolute Gasteiger partial charge is 0.336 e. The van der Waals surface area contributed by atoms with E-state index in [9.17, 15) is 4.79 Å². The van der Waals surface area contributed by atoms with Gasteiger partial charge in [0.15, 0.2) is 5.69 Å². The highest BCUT2D eigenvalue weighted by Crippen LogP contribution is 2.20. The van der Waals surface area contributed by atoms with Gasteiger partial charge in [-0.3, -0.25) is 14.2 Å². The van der Waals surface area contributed by atoms with Crippen LogP contribution in [0.1, 0.15) is 16.2 Å². The molecule has 2 aromatic heterocycles. The summed E-state index contributed by atoms with van der Waals surface area (Å²) in [5.74, 6) is 0.433. The Morgan fingerprint density at radius 3 is 2.80 bits per heavy atom. The molecule has 2 aromatic rings. The maximum Gasteiger partial charge on any atom is 0.274 e. The second kappa shape index (κ2) is 4.94. The first-order valence-electron chi connectivity index (χ1n) is 6.51. The van der Waals surface area contributed by atoms with Crippen molar-refractivity contribution < 1.29 is 4.79 Å². The Labute approximate surface area is 121 Å². The maximum absolute atomic E-state index is 12.2. The molecule has 1 saturated heterocycles. The fraction of sp³-hybridized carbons (Fsp3) is 0.462. The first-order valence-corrected chi connectivity index (χ1v) is 6.88. The van der Waals surface area contributed by atoms with E-state index in [-0.39, 0.29) is 5.91 Å². The second-order valence-corrected chi connectivity index (χ2v) is 5.69. The number of hydrogen-bond acceptors (Lipinski definition) is 3. The van der Waals surface area contributed by atoms with E-state index in [2.05, 4.69) is 10.2 Å². The number of aryl methyl sites for hydroxylation is 2. The van der Waals surface area contributed by atoms with Gasteiger partial charge in [0.2, 0.25) is 0 Å². The van der Waals surface area contributed by atoms with Crippen molar-refractivity contribution in [1.29, 1.82) is 0 Å². The number of carbonyl (C=O) groups is 1. The molecule has 1 fully saturated rings. The summed E-state index contributed by atoms with van der Waals surface area (Å²) in [6, 6.07) is 1.82. The van der Waals surface area contributed by atoms with Crippen molar-refractivity contribution in [2.24, 2.45) is 13.0 Å². The molecule has 0 spiro atoms. The Morgan fingerprint density at radius 1 is 1.50 bits per heavy atom. The van der Waals surface area contributed by atoms with Crippen LogP contribution in [-0.4, -0.2) is 43.5 Å². The van der Waals surface area contributed by atoms with Crippen LogP contribution in [0.5, 0.6) is 0 Å². The molecule has 3 rings (SSSR count). The monoisotopic (exact) mass is 293 g/mol. The molecule has 0 N–H and O–H groups in total. The van der Waals surface area contributed by atoms with E-state index in [4.69, 9.17) is 11.6 Å². The summed E-state index contributed by atoms with van der Waals surface area (Å²) in [6.07, 6.45) is 3.42. The van der Waals surface area contributed by atoms with E-state index in [1.807, 2.05) is 29.6 Å². The summed E-state index contributed by atoms with van der Waals surface area (Å²) in [7, 11) is 1.84. The van der Waals surface area contributed by atoms with Gasteiger partial charge in [0.25, 0.3) is 5.91 Å². The van der Waals surface area contributed by atoms with Crippen LogP contribution < -0.4 is 0 Å². The molecule has 3 heterocycles. The molecule has 1 aliphatic heterocycles. The van der Waals surface area contributed by atoms with Crippen molar-refractivity contribution in [3.8, 4) is 0 Å². The van der Waals surface area contributed by atoms with Crippen molar-refractivity contribution >= 4 is 17.5 Å². The highest BCUT2D eigenvalue weighted by molar-refractivity contribution is 6.30. The predicted molar refractivity (Wildman–Crippen MR) is 74.6 cm³/mol. The summed E-state index contributed by atoms with van der Waals surface area (Å²) in [5.41, 5.74) is 1.50. The van der Waals surface area contributed by atoms with Crippen LogP contribution in [0.15, 0.2) is 18.5 Å². The Balaban J connectivity index is 1.56. The Hall–Kier alpha value is -1.82. The van der Waals surface area contributed by atoms with E-state index in [0.29, 0.717) is 16.6 Å². The lowest BCUT2D eigenvalue weighted by atomic mass is 10.00. The molecule has 0 unspecified atom stereocenters. The minimum absolute atomic E-state index is 0.00319. The summed E-state index contributed by atoms with van der Waals surface area (Å²) >= 11 is 5.82. The van der Waals surface area contributed by atoms with Crippen LogP contribution in [0, 0.1) is 12.8 Å². The lowest BCUT2D eigenvalue weighted by molar-refractivity contribution is 0.0455. The molecule has 0 aromatic carbocycles. The fourth-order valence-corrected chi connectivity index (χ4v) is 2.54. The van der Waals surface area contributed by atoms with Crippen LogP contribution >= 0.6 is 11.6 Å². The van der Waals surface area contributed by atoms with Crippen LogP contribution in [0.25, 0.3) is 0 Å². The quantitative estimate of drug-likeness (QED) is 0.858. The van der Waals surface area contributed by atoms with Gasteiger partial charge in [-0.15, -0.1) is 0 Å². The summed E-state index contributed by atoms with van der Waals surface area (Å²) in [6.45, 7) is 4.21. The highest BCUT2D eigenvalue weighted by atomic mass is 35.5. The molecule has 0 atom stereocenters. The van der Waals surface area contributed by atoms with E-state index in [1.54, 1.807) is 17.1 Å². The third-order valence-corrected chi connectivity index (χ3v) is 3.82. The summed E-state index contributed by atoms with van der Waals surface area (Å²) < 4.78 is 3.54. The van der Waals surface area contributed by atoms with E-state index >= 15 is 0 Å². The summed E-state index contributed by atoms with van der Waals surface area (Å²) in [5, 5.41) is 9.00. The number of carbonyl (C=O) groups excluding carboxylic acids is 1. The second-order valence-electron chi connectivity index (χ2n) is 5.25. The molecule has 0 radical (unpaired) electrons. The van der Waals surface area contributed by atoms with Gasteiger partial charge < -0.3 is 4.90 Å². The smallest absolute Gasteiger partial charge is 0.274 e. The molecule has 0 bridgehead atoms. The normalized spacial score (nSPS) is 15.4. The van der Waals surface area contributed by atoms with Crippen LogP contribution in [0.2, 0.25) is 5.02 Å². The molecule has 106 valence electrons. The molecule has 7 heteroatoms. The van der Waals surface area contributed by atoms with Crippen LogP contribution in [0.4, 0.5) is 0 Å². The van der Waals surface area contributed by atoms with Gasteiger partial charge in [-0.1, -0.05) is 11.6 Å². The number of likely N-dealkylation sites (tertiary alicyclic amines) is 1. The molecular formula is C13H16ClN5O. The van der Waals surface area contributed by atoms with Crippen LogP contribution in [-0.2, 0) is 13.6 Å². The third kappa shape index (κ3) is 2.43. The van der Waals surface area contributed by atoms with Gasteiger partial charge in [-0.05, 0) is 13.0 Å². The number of amides is 1. The van der Waals surface area contributed by atoms with E-state index in [0.717, 1.165) is 25.3 Å². The number of halogens is 1. The van der Waals surface area contributed by atoms with Crippen molar-refractivity contribution in [3.05, 3.63) is 34.9 Å². The molecule has 1 amide bonds. The fourth-order valence-electron chi connectivity index (χ4n) is 2.38. The van der Waals surface area contributed by atoms with E-state index in [1.165, 1.54) is 0 Å². The first-order chi connectivity index (χ1) is 9.52. The zero-order chi connectivity index (χ0) is 14.3. The zero-order valence-corrected chi connectivity index (χ0v) is 12.2.